The van der Waals surface area contributed by atoms with Crippen molar-refractivity contribution in [3.8, 4) is 5.75 Å². The van der Waals surface area contributed by atoms with Gasteiger partial charge in [-0.25, -0.2) is 0 Å². The summed E-state index contributed by atoms with van der Waals surface area (Å²) < 4.78 is 43.9. The molecule has 0 spiro atoms. The number of hydrogen-bond donors (Lipinski definition) is 2. The summed E-state index contributed by atoms with van der Waals surface area (Å²) in [5.41, 5.74) is -0.900. The van der Waals surface area contributed by atoms with Gasteiger partial charge in [0.1, 0.15) is 5.75 Å². The van der Waals surface area contributed by atoms with Crippen LogP contribution in [0.25, 0.3) is 0 Å². The zero-order valence-corrected chi connectivity index (χ0v) is 13.7. The number of amides is 1. The Labute approximate surface area is 143 Å². The second-order valence-electron chi connectivity index (χ2n) is 6.02. The second-order valence-corrected chi connectivity index (χ2v) is 6.02. The molecule has 0 saturated heterocycles. The van der Waals surface area contributed by atoms with E-state index in [1.54, 1.807) is 6.92 Å². The normalized spacial score (nSPS) is 20.8. The van der Waals surface area contributed by atoms with Crippen LogP contribution in [0.3, 0.4) is 0 Å². The van der Waals surface area contributed by atoms with Crippen molar-refractivity contribution in [3.63, 3.8) is 0 Å². The van der Waals surface area contributed by atoms with E-state index in [4.69, 9.17) is 9.84 Å². The SMILES string of the molecule is CCOc1ccc(C(F)(F)F)cc1NC(=O)C1CCC(C(=O)O)CC1. The molecule has 0 unspecified atom stereocenters. The minimum atomic E-state index is -4.52. The maximum Gasteiger partial charge on any atom is 0.416 e. The molecule has 5 nitrogen and oxygen atoms in total. The number of aliphatic carboxylic acids is 1. The molecule has 2 N–H and O–H groups in total. The third-order valence-electron chi connectivity index (χ3n) is 4.31. The molecule has 1 aromatic rings. The lowest BCUT2D eigenvalue weighted by molar-refractivity contribution is -0.143. The molecule has 2 rings (SSSR count). The fraction of sp³-hybridized carbons (Fsp3) is 0.529. The van der Waals surface area contributed by atoms with Gasteiger partial charge < -0.3 is 15.2 Å². The average Bonchev–Trinajstić information content (AvgIpc) is 2.55. The molecule has 0 heterocycles. The van der Waals surface area contributed by atoms with Gasteiger partial charge in [0.15, 0.2) is 0 Å². The number of halogens is 3. The van der Waals surface area contributed by atoms with Gasteiger partial charge in [-0.3, -0.25) is 9.59 Å². The highest BCUT2D eigenvalue weighted by atomic mass is 19.4. The summed E-state index contributed by atoms with van der Waals surface area (Å²) in [4.78, 5) is 23.3. The average molecular weight is 359 g/mol. The first kappa shape index (κ1) is 19.1. The first-order valence-corrected chi connectivity index (χ1v) is 8.10. The van der Waals surface area contributed by atoms with Crippen molar-refractivity contribution in [1.82, 2.24) is 0 Å². The Morgan fingerprint density at radius 2 is 1.80 bits per heavy atom. The molecule has 138 valence electrons. The maximum atomic E-state index is 12.9. The van der Waals surface area contributed by atoms with Gasteiger partial charge in [-0.1, -0.05) is 0 Å². The van der Waals surface area contributed by atoms with Crippen LogP contribution < -0.4 is 10.1 Å². The van der Waals surface area contributed by atoms with Gasteiger partial charge in [-0.15, -0.1) is 0 Å². The van der Waals surface area contributed by atoms with E-state index in [1.807, 2.05) is 0 Å². The Kier molecular flexibility index (Phi) is 5.92. The summed E-state index contributed by atoms with van der Waals surface area (Å²) in [6, 6.07) is 2.94. The Bertz CT molecular complexity index is 637. The first-order valence-electron chi connectivity index (χ1n) is 8.10. The summed E-state index contributed by atoms with van der Waals surface area (Å²) >= 11 is 0. The van der Waals surface area contributed by atoms with E-state index in [1.165, 1.54) is 6.07 Å². The van der Waals surface area contributed by atoms with Gasteiger partial charge in [0, 0.05) is 5.92 Å². The molecule has 8 heteroatoms. The van der Waals surface area contributed by atoms with E-state index >= 15 is 0 Å². The van der Waals surface area contributed by atoms with Crippen LogP contribution in [0, 0.1) is 11.8 Å². The summed E-state index contributed by atoms with van der Waals surface area (Å²) in [5, 5.41) is 11.5. The van der Waals surface area contributed by atoms with Crippen molar-refractivity contribution < 1.29 is 32.6 Å². The second kappa shape index (κ2) is 7.76. The molecule has 1 aliphatic carbocycles. The standard InChI is InChI=1S/C17H20F3NO4/c1-2-25-14-8-7-12(17(18,19)20)9-13(14)21-15(22)10-3-5-11(6-4-10)16(23)24/h7-11H,2-6H2,1H3,(H,21,22)(H,23,24). The van der Waals surface area contributed by atoms with Gasteiger partial charge >= 0.3 is 12.1 Å². The smallest absolute Gasteiger partial charge is 0.416 e. The Hall–Kier alpha value is -2.25. The molecule has 1 aromatic carbocycles. The van der Waals surface area contributed by atoms with Crippen LogP contribution in [0.5, 0.6) is 5.75 Å². The molecule has 0 bridgehead atoms. The van der Waals surface area contributed by atoms with E-state index < -0.39 is 35.5 Å². The molecule has 25 heavy (non-hydrogen) atoms. The summed E-state index contributed by atoms with van der Waals surface area (Å²) in [6.07, 6.45) is -2.97. The highest BCUT2D eigenvalue weighted by Crippen LogP contribution is 2.36. The number of carboxylic acids is 1. The molecular formula is C17H20F3NO4. The minimum absolute atomic E-state index is 0.0259. The van der Waals surface area contributed by atoms with E-state index in [0.717, 1.165) is 12.1 Å². The van der Waals surface area contributed by atoms with Crippen LogP contribution >= 0.6 is 0 Å². The Morgan fingerprint density at radius 1 is 1.20 bits per heavy atom. The molecule has 0 aliphatic heterocycles. The van der Waals surface area contributed by atoms with Crippen LogP contribution in [0.4, 0.5) is 18.9 Å². The Morgan fingerprint density at radius 3 is 2.32 bits per heavy atom. The first-order chi connectivity index (χ1) is 11.7. The van der Waals surface area contributed by atoms with Crippen LogP contribution in [0.1, 0.15) is 38.2 Å². The van der Waals surface area contributed by atoms with E-state index in [0.29, 0.717) is 25.7 Å². The summed E-state index contributed by atoms with van der Waals surface area (Å²) in [7, 11) is 0. The lowest BCUT2D eigenvalue weighted by Crippen LogP contribution is -2.29. The fourth-order valence-corrected chi connectivity index (χ4v) is 2.92. The number of anilines is 1. The third kappa shape index (κ3) is 4.87. The number of ether oxygens (including phenoxy) is 1. The molecule has 0 atom stereocenters. The lowest BCUT2D eigenvalue weighted by atomic mass is 9.81. The summed E-state index contributed by atoms with van der Waals surface area (Å²) in [6.45, 7) is 1.94. The highest BCUT2D eigenvalue weighted by molar-refractivity contribution is 5.94. The number of nitrogens with one attached hydrogen (secondary N) is 1. The van der Waals surface area contributed by atoms with Gasteiger partial charge in [0.2, 0.25) is 5.91 Å². The third-order valence-corrected chi connectivity index (χ3v) is 4.31. The van der Waals surface area contributed by atoms with Gasteiger partial charge in [-0.05, 0) is 50.8 Å². The van der Waals surface area contributed by atoms with Crippen LogP contribution in [0.2, 0.25) is 0 Å². The van der Waals surface area contributed by atoms with Crippen molar-refractivity contribution in [2.75, 3.05) is 11.9 Å². The molecule has 1 saturated carbocycles. The lowest BCUT2D eigenvalue weighted by Gasteiger charge is -2.25. The highest BCUT2D eigenvalue weighted by Gasteiger charge is 2.33. The number of carboxylic acid groups (broad SMARTS) is 1. The topological polar surface area (TPSA) is 75.6 Å². The van der Waals surface area contributed by atoms with Crippen LogP contribution in [0.15, 0.2) is 18.2 Å². The number of benzene rings is 1. The zero-order chi connectivity index (χ0) is 18.6. The zero-order valence-electron chi connectivity index (χ0n) is 13.7. The molecule has 0 aromatic heterocycles. The molecule has 0 radical (unpaired) electrons. The van der Waals surface area contributed by atoms with Crippen LogP contribution in [-0.4, -0.2) is 23.6 Å². The number of carbonyl (C=O) groups is 2. The van der Waals surface area contributed by atoms with E-state index in [-0.39, 0.29) is 18.0 Å². The fourth-order valence-electron chi connectivity index (χ4n) is 2.92. The van der Waals surface area contributed by atoms with Crippen molar-refractivity contribution in [2.45, 2.75) is 38.8 Å². The number of rotatable bonds is 5. The van der Waals surface area contributed by atoms with E-state index in [9.17, 15) is 22.8 Å². The quantitative estimate of drug-likeness (QED) is 0.835. The largest absolute Gasteiger partial charge is 0.492 e. The minimum Gasteiger partial charge on any atom is -0.492 e. The van der Waals surface area contributed by atoms with Gasteiger partial charge in [-0.2, -0.15) is 13.2 Å². The maximum absolute atomic E-state index is 12.9. The van der Waals surface area contributed by atoms with Gasteiger partial charge in [0.05, 0.1) is 23.8 Å². The summed E-state index contributed by atoms with van der Waals surface area (Å²) in [5.74, 6) is -2.00. The van der Waals surface area contributed by atoms with E-state index in [2.05, 4.69) is 5.32 Å². The number of hydrogen-bond acceptors (Lipinski definition) is 3. The molecule has 1 aliphatic rings. The Balaban J connectivity index is 2.12. The number of carbonyl (C=O) groups excluding carboxylic acids is 1. The predicted octanol–water partition coefficient (Wildman–Crippen LogP) is 3.93. The van der Waals surface area contributed by atoms with Crippen molar-refractivity contribution in [3.05, 3.63) is 23.8 Å². The van der Waals surface area contributed by atoms with Gasteiger partial charge in [0.25, 0.3) is 0 Å². The van der Waals surface area contributed by atoms with Crippen LogP contribution in [-0.2, 0) is 15.8 Å². The predicted molar refractivity (Wildman–Crippen MR) is 84.3 cm³/mol. The van der Waals surface area contributed by atoms with Crippen molar-refractivity contribution in [2.24, 2.45) is 11.8 Å². The van der Waals surface area contributed by atoms with Crippen molar-refractivity contribution in [1.29, 1.82) is 0 Å². The number of alkyl halides is 3. The molecular weight excluding hydrogens is 339 g/mol. The molecule has 1 fully saturated rings. The molecule has 1 amide bonds. The van der Waals surface area contributed by atoms with Crippen molar-refractivity contribution >= 4 is 17.6 Å². The monoisotopic (exact) mass is 359 g/mol.